The molecule has 0 bridgehead atoms. The van der Waals surface area contributed by atoms with Crippen LogP contribution in [0.5, 0.6) is 11.5 Å². The molecule has 0 aromatic heterocycles. The summed E-state index contributed by atoms with van der Waals surface area (Å²) in [5, 5.41) is 0. The summed E-state index contributed by atoms with van der Waals surface area (Å²) in [5.41, 5.74) is 0.354. The van der Waals surface area contributed by atoms with Gasteiger partial charge in [-0.05, 0) is 24.3 Å². The number of rotatable bonds is 2. The molecular formula is C15H11FO3. The minimum Gasteiger partial charge on any atom is -0.486 e. The highest BCUT2D eigenvalue weighted by molar-refractivity contribution is 6.11. The van der Waals surface area contributed by atoms with Crippen LogP contribution in [0.15, 0.2) is 42.5 Å². The summed E-state index contributed by atoms with van der Waals surface area (Å²) in [7, 11) is 0. The second-order valence-electron chi connectivity index (χ2n) is 4.14. The average Bonchev–Trinajstić information content (AvgIpc) is 2.46. The van der Waals surface area contributed by atoms with Crippen LogP contribution in [0, 0.1) is 5.82 Å². The molecule has 1 heterocycles. The van der Waals surface area contributed by atoms with E-state index in [1.807, 2.05) is 0 Å². The maximum Gasteiger partial charge on any atom is 0.199 e. The minimum atomic E-state index is -0.540. The van der Waals surface area contributed by atoms with Gasteiger partial charge in [0.1, 0.15) is 19.0 Å². The highest BCUT2D eigenvalue weighted by atomic mass is 19.1. The fourth-order valence-electron chi connectivity index (χ4n) is 2.04. The molecule has 1 aliphatic rings. The number of para-hydroxylation sites is 1. The third-order valence-electron chi connectivity index (χ3n) is 2.93. The smallest absolute Gasteiger partial charge is 0.199 e. The molecule has 0 aliphatic carbocycles. The molecule has 96 valence electrons. The van der Waals surface area contributed by atoms with Crippen molar-refractivity contribution >= 4 is 5.78 Å². The second-order valence-corrected chi connectivity index (χ2v) is 4.14. The first-order valence-corrected chi connectivity index (χ1v) is 5.95. The minimum absolute atomic E-state index is 0.0325. The van der Waals surface area contributed by atoms with Crippen LogP contribution < -0.4 is 9.47 Å². The van der Waals surface area contributed by atoms with E-state index in [-0.39, 0.29) is 5.56 Å². The number of carbonyl (C=O) groups excluding carboxylic acids is 1. The molecule has 0 amide bonds. The lowest BCUT2D eigenvalue weighted by atomic mass is 10.0. The van der Waals surface area contributed by atoms with Gasteiger partial charge < -0.3 is 9.47 Å². The molecule has 1 aliphatic heterocycles. The molecule has 3 nitrogen and oxygen atoms in total. The molecule has 4 heteroatoms. The monoisotopic (exact) mass is 258 g/mol. The van der Waals surface area contributed by atoms with Crippen molar-refractivity contribution in [2.24, 2.45) is 0 Å². The molecular weight excluding hydrogens is 247 g/mol. The summed E-state index contributed by atoms with van der Waals surface area (Å²) in [4.78, 5) is 12.4. The number of hydrogen-bond acceptors (Lipinski definition) is 3. The summed E-state index contributed by atoms with van der Waals surface area (Å²) in [6.45, 7) is 0.832. The molecule has 0 saturated heterocycles. The van der Waals surface area contributed by atoms with Crippen LogP contribution in [-0.4, -0.2) is 19.0 Å². The summed E-state index contributed by atoms with van der Waals surface area (Å²) >= 11 is 0. The number of hydrogen-bond donors (Lipinski definition) is 0. The molecule has 0 unspecified atom stereocenters. The SMILES string of the molecule is O=C(c1ccccc1F)c1cccc2c1OCCO2. The van der Waals surface area contributed by atoms with E-state index in [1.54, 1.807) is 30.3 Å². The van der Waals surface area contributed by atoms with Crippen LogP contribution in [0.3, 0.4) is 0 Å². The first-order valence-electron chi connectivity index (χ1n) is 5.95. The van der Waals surface area contributed by atoms with Gasteiger partial charge in [0.15, 0.2) is 17.3 Å². The highest BCUT2D eigenvalue weighted by Gasteiger charge is 2.22. The summed E-state index contributed by atoms with van der Waals surface area (Å²) in [6, 6.07) is 10.9. The van der Waals surface area contributed by atoms with Gasteiger partial charge in [-0.15, -0.1) is 0 Å². The van der Waals surface area contributed by atoms with Gasteiger partial charge in [-0.2, -0.15) is 0 Å². The van der Waals surface area contributed by atoms with Crippen molar-refractivity contribution in [3.63, 3.8) is 0 Å². The lowest BCUT2D eigenvalue weighted by Gasteiger charge is -2.20. The van der Waals surface area contributed by atoms with Crippen molar-refractivity contribution < 1.29 is 18.7 Å². The van der Waals surface area contributed by atoms with Crippen molar-refractivity contribution in [2.75, 3.05) is 13.2 Å². The standard InChI is InChI=1S/C15H11FO3/c16-12-6-2-1-4-10(12)14(17)11-5-3-7-13-15(11)19-9-8-18-13/h1-7H,8-9H2. The molecule has 19 heavy (non-hydrogen) atoms. The number of halogens is 1. The Balaban J connectivity index is 2.08. The molecule has 0 radical (unpaired) electrons. The van der Waals surface area contributed by atoms with Crippen molar-refractivity contribution in [3.05, 3.63) is 59.4 Å². The Morgan fingerprint density at radius 3 is 2.53 bits per heavy atom. The van der Waals surface area contributed by atoms with Crippen LogP contribution in [0.1, 0.15) is 15.9 Å². The quantitative estimate of drug-likeness (QED) is 0.777. The zero-order chi connectivity index (χ0) is 13.2. The van der Waals surface area contributed by atoms with E-state index >= 15 is 0 Å². The summed E-state index contributed by atoms with van der Waals surface area (Å²) in [5.74, 6) is -0.0299. The predicted molar refractivity (Wildman–Crippen MR) is 67.3 cm³/mol. The van der Waals surface area contributed by atoms with Gasteiger partial charge in [0.2, 0.25) is 0 Å². The molecule has 2 aromatic rings. The topological polar surface area (TPSA) is 35.5 Å². The van der Waals surface area contributed by atoms with Gasteiger partial charge in [-0.25, -0.2) is 4.39 Å². The fraction of sp³-hybridized carbons (Fsp3) is 0.133. The van der Waals surface area contributed by atoms with E-state index in [0.717, 1.165) is 0 Å². The molecule has 3 rings (SSSR count). The van der Waals surface area contributed by atoms with Gasteiger partial charge >= 0.3 is 0 Å². The predicted octanol–water partition coefficient (Wildman–Crippen LogP) is 2.83. The number of carbonyl (C=O) groups is 1. The van der Waals surface area contributed by atoms with Gasteiger partial charge in [0, 0.05) is 0 Å². The third-order valence-corrected chi connectivity index (χ3v) is 2.93. The lowest BCUT2D eigenvalue weighted by Crippen LogP contribution is -2.18. The molecule has 0 spiro atoms. The lowest BCUT2D eigenvalue weighted by molar-refractivity contribution is 0.102. The van der Waals surface area contributed by atoms with Gasteiger partial charge in [0.05, 0.1) is 11.1 Å². The van der Waals surface area contributed by atoms with Gasteiger partial charge in [0.25, 0.3) is 0 Å². The summed E-state index contributed by atoms with van der Waals surface area (Å²) < 4.78 is 24.5. The normalized spacial score (nSPS) is 13.1. The highest BCUT2D eigenvalue weighted by Crippen LogP contribution is 2.35. The van der Waals surface area contributed by atoms with Crippen LogP contribution in [0.2, 0.25) is 0 Å². The Kier molecular flexibility index (Phi) is 2.91. The van der Waals surface area contributed by atoms with Crippen molar-refractivity contribution in [3.8, 4) is 11.5 Å². The van der Waals surface area contributed by atoms with E-state index in [1.165, 1.54) is 12.1 Å². The molecule has 0 fully saturated rings. The first-order chi connectivity index (χ1) is 9.27. The molecule has 2 aromatic carbocycles. The molecule has 0 atom stereocenters. The Morgan fingerprint density at radius 1 is 0.947 bits per heavy atom. The van der Waals surface area contributed by atoms with Gasteiger partial charge in [-0.3, -0.25) is 4.79 Å². The van der Waals surface area contributed by atoms with E-state index < -0.39 is 11.6 Å². The van der Waals surface area contributed by atoms with E-state index in [2.05, 4.69) is 0 Å². The largest absolute Gasteiger partial charge is 0.486 e. The molecule has 0 saturated carbocycles. The van der Waals surface area contributed by atoms with Crippen LogP contribution >= 0.6 is 0 Å². The third kappa shape index (κ3) is 2.05. The van der Waals surface area contributed by atoms with Crippen LogP contribution in [-0.2, 0) is 0 Å². The number of ether oxygens (including phenoxy) is 2. The Hall–Kier alpha value is -2.36. The second kappa shape index (κ2) is 4.72. The van der Waals surface area contributed by atoms with Gasteiger partial charge in [-0.1, -0.05) is 18.2 Å². The van der Waals surface area contributed by atoms with E-state index in [0.29, 0.717) is 30.3 Å². The average molecular weight is 258 g/mol. The number of ketones is 1. The molecule has 0 N–H and O–H groups in total. The fourth-order valence-corrected chi connectivity index (χ4v) is 2.04. The Bertz CT molecular complexity index is 637. The van der Waals surface area contributed by atoms with Crippen molar-refractivity contribution in [1.29, 1.82) is 0 Å². The van der Waals surface area contributed by atoms with E-state index in [9.17, 15) is 9.18 Å². The van der Waals surface area contributed by atoms with Crippen LogP contribution in [0.25, 0.3) is 0 Å². The van der Waals surface area contributed by atoms with E-state index in [4.69, 9.17) is 9.47 Å². The maximum absolute atomic E-state index is 13.7. The Labute approximate surface area is 109 Å². The van der Waals surface area contributed by atoms with Crippen molar-refractivity contribution in [1.82, 2.24) is 0 Å². The first kappa shape index (κ1) is 11.7. The zero-order valence-corrected chi connectivity index (χ0v) is 10.1. The Morgan fingerprint density at radius 2 is 1.68 bits per heavy atom. The number of fused-ring (bicyclic) bond motifs is 1. The van der Waals surface area contributed by atoms with Crippen LogP contribution in [0.4, 0.5) is 4.39 Å². The number of benzene rings is 2. The van der Waals surface area contributed by atoms with Crippen molar-refractivity contribution in [2.45, 2.75) is 0 Å². The zero-order valence-electron chi connectivity index (χ0n) is 10.1. The maximum atomic E-state index is 13.7. The summed E-state index contributed by atoms with van der Waals surface area (Å²) in [6.07, 6.45) is 0.